The first-order valence-corrected chi connectivity index (χ1v) is 11.4. The van der Waals surface area contributed by atoms with Gasteiger partial charge < -0.3 is 14.5 Å². The number of benzene rings is 2. The first-order chi connectivity index (χ1) is 15.6. The standard InChI is InChI=1S/C25H32N4O3/c1-3-29(20-9-5-4-6-10-20)25(31)22-17-26-27-23(22)18-12-14-28(15-13-18)24(30)19-8-7-11-21(16-19)32-2/h4-11,16,18,22-23,26-27H,3,12-15,17H2,1-2H3. The first kappa shape index (κ1) is 22.3. The van der Waals surface area contributed by atoms with Crippen LogP contribution in [-0.4, -0.2) is 56.0 Å². The molecule has 2 aliphatic heterocycles. The molecule has 7 nitrogen and oxygen atoms in total. The monoisotopic (exact) mass is 436 g/mol. The van der Waals surface area contributed by atoms with E-state index in [1.54, 1.807) is 13.2 Å². The smallest absolute Gasteiger partial charge is 0.253 e. The van der Waals surface area contributed by atoms with Gasteiger partial charge in [0.25, 0.3) is 5.91 Å². The summed E-state index contributed by atoms with van der Waals surface area (Å²) in [5, 5.41) is 0. The van der Waals surface area contributed by atoms with Crippen LogP contribution in [0, 0.1) is 11.8 Å². The summed E-state index contributed by atoms with van der Waals surface area (Å²) in [6, 6.07) is 17.2. The van der Waals surface area contributed by atoms with Crippen LogP contribution >= 0.6 is 0 Å². The lowest BCUT2D eigenvalue weighted by molar-refractivity contribution is -0.122. The van der Waals surface area contributed by atoms with E-state index in [4.69, 9.17) is 4.74 Å². The highest BCUT2D eigenvalue weighted by Crippen LogP contribution is 2.29. The Labute approximate surface area is 189 Å². The average molecular weight is 437 g/mol. The predicted octanol–water partition coefficient (Wildman–Crippen LogP) is 2.69. The van der Waals surface area contributed by atoms with E-state index in [9.17, 15) is 9.59 Å². The summed E-state index contributed by atoms with van der Waals surface area (Å²) in [4.78, 5) is 30.1. The number of rotatable bonds is 6. The number of nitrogens with one attached hydrogen (secondary N) is 2. The zero-order chi connectivity index (χ0) is 22.5. The highest BCUT2D eigenvalue weighted by molar-refractivity contribution is 5.96. The van der Waals surface area contributed by atoms with Crippen molar-refractivity contribution in [2.24, 2.45) is 11.8 Å². The van der Waals surface area contributed by atoms with E-state index in [0.717, 1.165) is 18.5 Å². The average Bonchev–Trinajstić information content (AvgIpc) is 3.35. The summed E-state index contributed by atoms with van der Waals surface area (Å²) in [6.45, 7) is 4.65. The topological polar surface area (TPSA) is 73.9 Å². The van der Waals surface area contributed by atoms with Crippen LogP contribution in [0.4, 0.5) is 5.69 Å². The molecule has 0 spiro atoms. The number of methoxy groups -OCH3 is 1. The number of piperidine rings is 1. The number of hydrazine groups is 1. The fourth-order valence-electron chi connectivity index (χ4n) is 4.88. The minimum Gasteiger partial charge on any atom is -0.497 e. The molecule has 32 heavy (non-hydrogen) atoms. The minimum atomic E-state index is -0.124. The number of para-hydroxylation sites is 1. The Morgan fingerprint density at radius 1 is 1.09 bits per heavy atom. The minimum absolute atomic E-state index is 0.0359. The molecule has 0 radical (unpaired) electrons. The van der Waals surface area contributed by atoms with E-state index in [-0.39, 0.29) is 23.8 Å². The molecule has 4 rings (SSSR count). The maximum atomic E-state index is 13.4. The number of carbonyl (C=O) groups is 2. The van der Waals surface area contributed by atoms with Crippen molar-refractivity contribution >= 4 is 17.5 Å². The summed E-state index contributed by atoms with van der Waals surface area (Å²) in [5.74, 6) is 1.08. The van der Waals surface area contributed by atoms with Gasteiger partial charge in [-0.05, 0) is 56.0 Å². The molecule has 2 amide bonds. The molecule has 2 heterocycles. The van der Waals surface area contributed by atoms with Crippen molar-refractivity contribution in [1.29, 1.82) is 0 Å². The molecule has 2 saturated heterocycles. The van der Waals surface area contributed by atoms with Gasteiger partial charge in [-0.1, -0.05) is 24.3 Å². The Hall–Kier alpha value is -2.90. The van der Waals surface area contributed by atoms with Crippen molar-refractivity contribution in [3.63, 3.8) is 0 Å². The fourth-order valence-corrected chi connectivity index (χ4v) is 4.88. The van der Waals surface area contributed by atoms with Crippen molar-refractivity contribution in [3.8, 4) is 5.75 Å². The van der Waals surface area contributed by atoms with Crippen LogP contribution < -0.4 is 20.5 Å². The molecular formula is C25H32N4O3. The van der Waals surface area contributed by atoms with E-state index in [1.807, 2.05) is 65.3 Å². The van der Waals surface area contributed by atoms with Gasteiger partial charge in [0.05, 0.1) is 13.0 Å². The third-order valence-electron chi connectivity index (χ3n) is 6.64. The number of hydrogen-bond acceptors (Lipinski definition) is 5. The van der Waals surface area contributed by atoms with Crippen LogP contribution in [0.1, 0.15) is 30.1 Å². The Morgan fingerprint density at radius 2 is 1.84 bits per heavy atom. The Balaban J connectivity index is 1.39. The van der Waals surface area contributed by atoms with Crippen molar-refractivity contribution in [3.05, 3.63) is 60.2 Å². The molecule has 2 unspecified atom stereocenters. The second kappa shape index (κ2) is 10.1. The van der Waals surface area contributed by atoms with Gasteiger partial charge in [-0.15, -0.1) is 0 Å². The van der Waals surface area contributed by atoms with Crippen LogP contribution in [0.15, 0.2) is 54.6 Å². The lowest BCUT2D eigenvalue weighted by atomic mass is 9.82. The van der Waals surface area contributed by atoms with Crippen molar-refractivity contribution < 1.29 is 14.3 Å². The Morgan fingerprint density at radius 3 is 2.53 bits per heavy atom. The quantitative estimate of drug-likeness (QED) is 0.728. The molecular weight excluding hydrogens is 404 g/mol. The Kier molecular flexibility index (Phi) is 7.07. The molecule has 0 aliphatic carbocycles. The van der Waals surface area contributed by atoms with Crippen molar-refractivity contribution in [2.75, 3.05) is 38.2 Å². The number of nitrogens with zero attached hydrogens (tertiary/aromatic N) is 2. The SMILES string of the molecule is CCN(C(=O)C1CNNC1C1CCN(C(=O)c2cccc(OC)c2)CC1)c1ccccc1. The molecule has 2 aliphatic rings. The van der Waals surface area contributed by atoms with E-state index in [1.165, 1.54) is 0 Å². The van der Waals surface area contributed by atoms with Gasteiger partial charge in [-0.3, -0.25) is 20.4 Å². The molecule has 0 aromatic heterocycles. The van der Waals surface area contributed by atoms with Gasteiger partial charge in [0.1, 0.15) is 5.75 Å². The van der Waals surface area contributed by atoms with Crippen LogP contribution in [0.3, 0.4) is 0 Å². The maximum Gasteiger partial charge on any atom is 0.253 e. The molecule has 7 heteroatoms. The number of likely N-dealkylation sites (tertiary alicyclic amines) is 1. The number of ether oxygens (including phenoxy) is 1. The largest absolute Gasteiger partial charge is 0.497 e. The van der Waals surface area contributed by atoms with Crippen molar-refractivity contribution in [1.82, 2.24) is 15.8 Å². The van der Waals surface area contributed by atoms with Crippen LogP contribution in [0.5, 0.6) is 5.75 Å². The molecule has 2 atom stereocenters. The molecule has 2 aromatic rings. The summed E-state index contributed by atoms with van der Waals surface area (Å²) in [6.07, 6.45) is 1.74. The van der Waals surface area contributed by atoms with Gasteiger partial charge in [-0.25, -0.2) is 0 Å². The molecule has 2 aromatic carbocycles. The third-order valence-corrected chi connectivity index (χ3v) is 6.64. The fraction of sp³-hybridized carbons (Fsp3) is 0.440. The van der Waals surface area contributed by atoms with Crippen LogP contribution in [-0.2, 0) is 4.79 Å². The van der Waals surface area contributed by atoms with Gasteiger partial charge in [0, 0.05) is 43.5 Å². The van der Waals surface area contributed by atoms with Gasteiger partial charge >= 0.3 is 0 Å². The van der Waals surface area contributed by atoms with Crippen LogP contribution in [0.25, 0.3) is 0 Å². The number of carbonyl (C=O) groups excluding carboxylic acids is 2. The predicted molar refractivity (Wildman–Crippen MR) is 125 cm³/mol. The normalized spacial score (nSPS) is 21.4. The molecule has 2 N–H and O–H groups in total. The number of amides is 2. The van der Waals surface area contributed by atoms with Gasteiger partial charge in [0.15, 0.2) is 0 Å². The third kappa shape index (κ3) is 4.64. The second-order valence-electron chi connectivity index (χ2n) is 8.44. The molecule has 170 valence electrons. The maximum absolute atomic E-state index is 13.4. The highest BCUT2D eigenvalue weighted by Gasteiger charge is 2.41. The molecule has 0 bridgehead atoms. The first-order valence-electron chi connectivity index (χ1n) is 11.4. The molecule has 0 saturated carbocycles. The second-order valence-corrected chi connectivity index (χ2v) is 8.44. The number of hydrogen-bond donors (Lipinski definition) is 2. The van der Waals surface area contributed by atoms with E-state index >= 15 is 0 Å². The van der Waals surface area contributed by atoms with Gasteiger partial charge in [-0.2, -0.15) is 0 Å². The lowest BCUT2D eigenvalue weighted by Gasteiger charge is -2.37. The number of anilines is 1. The summed E-state index contributed by atoms with van der Waals surface area (Å²) < 4.78 is 5.25. The highest BCUT2D eigenvalue weighted by atomic mass is 16.5. The zero-order valence-electron chi connectivity index (χ0n) is 18.8. The van der Waals surface area contributed by atoms with E-state index < -0.39 is 0 Å². The van der Waals surface area contributed by atoms with E-state index in [2.05, 4.69) is 10.9 Å². The van der Waals surface area contributed by atoms with E-state index in [0.29, 0.717) is 43.4 Å². The Bertz CT molecular complexity index is 928. The van der Waals surface area contributed by atoms with Gasteiger partial charge in [0.2, 0.25) is 5.91 Å². The molecule has 2 fully saturated rings. The summed E-state index contributed by atoms with van der Waals surface area (Å²) in [7, 11) is 1.60. The summed E-state index contributed by atoms with van der Waals surface area (Å²) >= 11 is 0. The zero-order valence-corrected chi connectivity index (χ0v) is 18.8. The van der Waals surface area contributed by atoms with Crippen molar-refractivity contribution in [2.45, 2.75) is 25.8 Å². The van der Waals surface area contributed by atoms with Crippen LogP contribution in [0.2, 0.25) is 0 Å². The summed E-state index contributed by atoms with van der Waals surface area (Å²) in [5.41, 5.74) is 8.16. The lowest BCUT2D eigenvalue weighted by Crippen LogP contribution is -2.49.